The van der Waals surface area contributed by atoms with Crippen LogP contribution in [0, 0.1) is 12.3 Å². The maximum atomic E-state index is 10.4. The van der Waals surface area contributed by atoms with Gasteiger partial charge in [-0.15, -0.1) is 0 Å². The van der Waals surface area contributed by atoms with Crippen LogP contribution in [0.25, 0.3) is 0 Å². The number of aryl methyl sites for hydroxylation is 1. The van der Waals surface area contributed by atoms with E-state index in [-0.39, 0.29) is 5.96 Å². The number of primary amides is 1. The predicted octanol–water partition coefficient (Wildman–Crippen LogP) is 1.66. The molecule has 0 unspecified atom stereocenters. The van der Waals surface area contributed by atoms with E-state index >= 15 is 0 Å². The minimum Gasteiger partial charge on any atom is -0.351 e. The molecular formula is C9H11ClN4O. The smallest absolute Gasteiger partial charge is 0.318 e. The summed E-state index contributed by atoms with van der Waals surface area (Å²) in [7, 11) is 0. The minimum absolute atomic E-state index is 0.215. The molecule has 0 saturated heterocycles. The molecule has 15 heavy (non-hydrogen) atoms. The van der Waals surface area contributed by atoms with Crippen LogP contribution < -0.4 is 16.4 Å². The molecule has 0 spiro atoms. The third-order valence-electron chi connectivity index (χ3n) is 1.63. The van der Waals surface area contributed by atoms with Gasteiger partial charge in [-0.2, -0.15) is 0 Å². The molecule has 5 nitrogen and oxygen atoms in total. The Bertz CT molecular complexity index is 405. The summed E-state index contributed by atoms with van der Waals surface area (Å²) in [6, 6.07) is 4.51. The Kier molecular flexibility index (Phi) is 3.51. The normalized spacial score (nSPS) is 9.47. The van der Waals surface area contributed by atoms with Crippen molar-refractivity contribution in [2.45, 2.75) is 6.92 Å². The Hall–Kier alpha value is -1.75. The van der Waals surface area contributed by atoms with Crippen LogP contribution >= 0.6 is 11.6 Å². The average Bonchev–Trinajstić information content (AvgIpc) is 2.08. The van der Waals surface area contributed by atoms with E-state index in [4.69, 9.17) is 22.7 Å². The molecule has 1 rings (SSSR count). The van der Waals surface area contributed by atoms with Gasteiger partial charge in [0, 0.05) is 0 Å². The van der Waals surface area contributed by atoms with Crippen molar-refractivity contribution >= 4 is 29.3 Å². The number of urea groups is 1. The van der Waals surface area contributed by atoms with Crippen LogP contribution in [0.15, 0.2) is 18.2 Å². The van der Waals surface area contributed by atoms with Crippen molar-refractivity contribution in [3.8, 4) is 0 Å². The summed E-state index contributed by atoms with van der Waals surface area (Å²) < 4.78 is 0. The van der Waals surface area contributed by atoms with E-state index in [0.717, 1.165) is 5.56 Å². The fourth-order valence-corrected chi connectivity index (χ4v) is 1.29. The number of rotatable bonds is 1. The lowest BCUT2D eigenvalue weighted by Gasteiger charge is -2.09. The summed E-state index contributed by atoms with van der Waals surface area (Å²) in [6.45, 7) is 1.91. The lowest BCUT2D eigenvalue weighted by Crippen LogP contribution is -2.38. The number of nitrogens with two attached hydrogens (primary N) is 1. The van der Waals surface area contributed by atoms with Gasteiger partial charge < -0.3 is 11.1 Å². The third kappa shape index (κ3) is 3.47. The quantitative estimate of drug-likeness (QED) is 0.433. The first kappa shape index (κ1) is 11.3. The number of carbonyl (C=O) groups excluding carboxylic acids is 1. The van der Waals surface area contributed by atoms with E-state index in [9.17, 15) is 4.79 Å². The highest BCUT2D eigenvalue weighted by Gasteiger charge is 2.03. The Labute approximate surface area is 92.1 Å². The van der Waals surface area contributed by atoms with Gasteiger partial charge in [-0.3, -0.25) is 10.7 Å². The van der Waals surface area contributed by atoms with Crippen molar-refractivity contribution in [1.29, 1.82) is 5.41 Å². The largest absolute Gasteiger partial charge is 0.351 e. The second-order valence-corrected chi connectivity index (χ2v) is 3.38. The number of benzene rings is 1. The van der Waals surface area contributed by atoms with Crippen LogP contribution in [-0.4, -0.2) is 12.0 Å². The molecule has 0 aromatic heterocycles. The first-order chi connectivity index (χ1) is 6.99. The van der Waals surface area contributed by atoms with Gasteiger partial charge in [0.1, 0.15) is 0 Å². The minimum atomic E-state index is -0.796. The summed E-state index contributed by atoms with van der Waals surface area (Å²) in [4.78, 5) is 10.4. The monoisotopic (exact) mass is 226 g/mol. The molecule has 0 heterocycles. The van der Waals surface area contributed by atoms with E-state index in [1.54, 1.807) is 12.1 Å². The standard InChI is InChI=1S/C9H11ClN4O/c1-5-2-3-7(6(10)4-5)13-8(11)14-9(12)15/h2-4H,1H3,(H5,11,12,13,14,15). The molecule has 0 fully saturated rings. The van der Waals surface area contributed by atoms with Crippen LogP contribution in [0.1, 0.15) is 5.56 Å². The topological polar surface area (TPSA) is 91.0 Å². The molecular weight excluding hydrogens is 216 g/mol. The van der Waals surface area contributed by atoms with E-state index < -0.39 is 6.03 Å². The number of amides is 2. The third-order valence-corrected chi connectivity index (χ3v) is 1.95. The number of anilines is 1. The molecule has 0 aliphatic heterocycles. The molecule has 0 aliphatic carbocycles. The lowest BCUT2D eigenvalue weighted by molar-refractivity contribution is 0.253. The molecule has 0 aliphatic rings. The van der Waals surface area contributed by atoms with Crippen LogP contribution in [0.3, 0.4) is 0 Å². The SMILES string of the molecule is Cc1ccc(NC(=N)NC(N)=O)c(Cl)c1. The summed E-state index contributed by atoms with van der Waals surface area (Å²) >= 11 is 5.91. The Morgan fingerprint density at radius 1 is 1.53 bits per heavy atom. The molecule has 80 valence electrons. The average molecular weight is 227 g/mol. The molecule has 0 saturated carbocycles. The number of halogens is 1. The summed E-state index contributed by atoms with van der Waals surface area (Å²) in [6.07, 6.45) is 0. The van der Waals surface area contributed by atoms with Gasteiger partial charge >= 0.3 is 6.03 Å². The van der Waals surface area contributed by atoms with Crippen LogP contribution in [-0.2, 0) is 0 Å². The Morgan fingerprint density at radius 3 is 2.73 bits per heavy atom. The molecule has 0 bridgehead atoms. The molecule has 5 N–H and O–H groups in total. The second-order valence-electron chi connectivity index (χ2n) is 2.97. The predicted molar refractivity (Wildman–Crippen MR) is 60.3 cm³/mol. The van der Waals surface area contributed by atoms with E-state index in [1.165, 1.54) is 0 Å². The van der Waals surface area contributed by atoms with E-state index in [2.05, 4.69) is 10.6 Å². The highest BCUT2D eigenvalue weighted by atomic mass is 35.5. The zero-order valence-electron chi connectivity index (χ0n) is 8.10. The van der Waals surface area contributed by atoms with E-state index in [1.807, 2.05) is 13.0 Å². The molecule has 1 aromatic carbocycles. The zero-order valence-corrected chi connectivity index (χ0v) is 8.85. The van der Waals surface area contributed by atoms with Gasteiger partial charge in [0.25, 0.3) is 0 Å². The van der Waals surface area contributed by atoms with Crippen molar-refractivity contribution in [1.82, 2.24) is 5.32 Å². The Balaban J connectivity index is 2.72. The number of guanidine groups is 1. The van der Waals surface area contributed by atoms with Crippen LogP contribution in [0.2, 0.25) is 5.02 Å². The number of hydrogen-bond acceptors (Lipinski definition) is 2. The molecule has 6 heteroatoms. The van der Waals surface area contributed by atoms with Crippen molar-refractivity contribution in [2.24, 2.45) is 5.73 Å². The van der Waals surface area contributed by atoms with E-state index in [0.29, 0.717) is 10.7 Å². The van der Waals surface area contributed by atoms with Gasteiger partial charge in [-0.25, -0.2) is 4.79 Å². The molecule has 1 aromatic rings. The summed E-state index contributed by atoms with van der Waals surface area (Å²) in [5.74, 6) is -0.215. The molecule has 2 amide bonds. The fraction of sp³-hybridized carbons (Fsp3) is 0.111. The van der Waals surface area contributed by atoms with Crippen molar-refractivity contribution in [2.75, 3.05) is 5.32 Å². The van der Waals surface area contributed by atoms with Crippen molar-refractivity contribution < 1.29 is 4.79 Å². The number of nitrogens with one attached hydrogen (secondary N) is 3. The van der Waals surface area contributed by atoms with Gasteiger partial charge in [-0.1, -0.05) is 17.7 Å². The maximum absolute atomic E-state index is 10.4. The summed E-state index contributed by atoms with van der Waals surface area (Å²) in [5.41, 5.74) is 6.40. The highest BCUT2D eigenvalue weighted by Crippen LogP contribution is 2.22. The first-order valence-corrected chi connectivity index (χ1v) is 4.55. The van der Waals surface area contributed by atoms with Gasteiger partial charge in [-0.05, 0) is 24.6 Å². The zero-order chi connectivity index (χ0) is 11.4. The second kappa shape index (κ2) is 4.65. The summed E-state index contributed by atoms with van der Waals surface area (Å²) in [5, 5.41) is 12.5. The maximum Gasteiger partial charge on any atom is 0.318 e. The van der Waals surface area contributed by atoms with Crippen molar-refractivity contribution in [3.63, 3.8) is 0 Å². The van der Waals surface area contributed by atoms with Gasteiger partial charge in [0.2, 0.25) is 5.96 Å². The fourth-order valence-electron chi connectivity index (χ4n) is 1.01. The molecule has 0 radical (unpaired) electrons. The number of hydrogen-bond donors (Lipinski definition) is 4. The van der Waals surface area contributed by atoms with Gasteiger partial charge in [0.15, 0.2) is 0 Å². The van der Waals surface area contributed by atoms with Gasteiger partial charge in [0.05, 0.1) is 10.7 Å². The number of carbonyl (C=O) groups is 1. The first-order valence-electron chi connectivity index (χ1n) is 4.17. The lowest BCUT2D eigenvalue weighted by atomic mass is 10.2. The highest BCUT2D eigenvalue weighted by molar-refractivity contribution is 6.33. The Morgan fingerprint density at radius 2 is 2.20 bits per heavy atom. The van der Waals surface area contributed by atoms with Crippen LogP contribution in [0.5, 0.6) is 0 Å². The van der Waals surface area contributed by atoms with Crippen molar-refractivity contribution in [3.05, 3.63) is 28.8 Å². The molecule has 0 atom stereocenters. The van der Waals surface area contributed by atoms with Crippen LogP contribution in [0.4, 0.5) is 10.5 Å².